The highest BCUT2D eigenvalue weighted by molar-refractivity contribution is 5.76. The number of methoxy groups -OCH3 is 1. The summed E-state index contributed by atoms with van der Waals surface area (Å²) in [6.07, 6.45) is -4.66. The van der Waals surface area contributed by atoms with E-state index >= 15 is 0 Å². The first-order valence-corrected chi connectivity index (χ1v) is 12.0. The highest BCUT2D eigenvalue weighted by Crippen LogP contribution is 2.40. The van der Waals surface area contributed by atoms with Gasteiger partial charge >= 0.3 is 12.3 Å². The van der Waals surface area contributed by atoms with E-state index in [1.54, 1.807) is 6.07 Å². The van der Waals surface area contributed by atoms with Gasteiger partial charge in [0.05, 0.1) is 25.3 Å². The van der Waals surface area contributed by atoms with E-state index in [-0.39, 0.29) is 36.4 Å². The molecule has 8 heteroatoms. The average molecular weight is 516 g/mol. The van der Waals surface area contributed by atoms with Gasteiger partial charge in [-0.1, -0.05) is 49.7 Å². The van der Waals surface area contributed by atoms with Crippen molar-refractivity contribution in [1.29, 1.82) is 0 Å². The molecule has 0 aliphatic carbocycles. The first-order valence-electron chi connectivity index (χ1n) is 12.0. The van der Waals surface area contributed by atoms with Gasteiger partial charge in [0.2, 0.25) is 0 Å². The number of halogens is 4. The zero-order valence-corrected chi connectivity index (χ0v) is 21.2. The third-order valence-corrected chi connectivity index (χ3v) is 6.67. The predicted octanol–water partition coefficient (Wildman–Crippen LogP) is 7.52. The normalized spacial score (nSPS) is 15.9. The standard InChI is InChI=1S/C29H29F4NO3/c1-17(2)24-13-25(27(36-4)14-26(24)30)23-10-9-21(29(31,32)33)12-20(23)15-34-22(16-37-28(34)35)11-19-7-5-18(3)6-8-19/h5-10,12-14,17,22H,11,15-16H2,1-4H3/t22-/m0/s1. The van der Waals surface area contributed by atoms with Crippen LogP contribution in [0.5, 0.6) is 5.75 Å². The van der Waals surface area contributed by atoms with Crippen LogP contribution in [0.3, 0.4) is 0 Å². The second-order valence-corrected chi connectivity index (χ2v) is 9.65. The lowest BCUT2D eigenvalue weighted by Gasteiger charge is -2.24. The van der Waals surface area contributed by atoms with Crippen molar-refractivity contribution < 1.29 is 31.8 Å². The third-order valence-electron chi connectivity index (χ3n) is 6.67. The Hall–Kier alpha value is -3.55. The summed E-state index contributed by atoms with van der Waals surface area (Å²) in [6.45, 7) is 5.67. The highest BCUT2D eigenvalue weighted by atomic mass is 19.4. The molecule has 1 aliphatic rings. The molecular formula is C29H29F4NO3. The number of cyclic esters (lactones) is 1. The predicted molar refractivity (Wildman–Crippen MR) is 133 cm³/mol. The first kappa shape index (κ1) is 26.5. The van der Waals surface area contributed by atoms with Crippen molar-refractivity contribution in [3.63, 3.8) is 0 Å². The summed E-state index contributed by atoms with van der Waals surface area (Å²) < 4.78 is 66.4. The molecule has 1 aliphatic heterocycles. The number of aryl methyl sites for hydroxylation is 1. The van der Waals surface area contributed by atoms with Crippen LogP contribution in [0.25, 0.3) is 11.1 Å². The van der Waals surface area contributed by atoms with Gasteiger partial charge in [0.25, 0.3) is 0 Å². The molecule has 3 aromatic carbocycles. The van der Waals surface area contributed by atoms with Gasteiger partial charge in [-0.05, 0) is 59.7 Å². The molecule has 0 unspecified atom stereocenters. The fourth-order valence-electron chi connectivity index (χ4n) is 4.59. The van der Waals surface area contributed by atoms with Crippen LogP contribution < -0.4 is 4.74 Å². The number of rotatable bonds is 7. The van der Waals surface area contributed by atoms with Crippen molar-refractivity contribution in [2.45, 2.75) is 51.9 Å². The molecule has 1 amide bonds. The second-order valence-electron chi connectivity index (χ2n) is 9.65. The van der Waals surface area contributed by atoms with E-state index in [0.29, 0.717) is 23.1 Å². The number of amides is 1. The van der Waals surface area contributed by atoms with Crippen LogP contribution in [0.1, 0.15) is 47.6 Å². The monoisotopic (exact) mass is 515 g/mol. The number of alkyl halides is 3. The molecule has 3 aromatic rings. The van der Waals surface area contributed by atoms with E-state index in [1.807, 2.05) is 45.0 Å². The lowest BCUT2D eigenvalue weighted by molar-refractivity contribution is -0.137. The van der Waals surface area contributed by atoms with Crippen LogP contribution >= 0.6 is 0 Å². The number of benzene rings is 3. The van der Waals surface area contributed by atoms with Crippen LogP contribution in [-0.4, -0.2) is 30.8 Å². The van der Waals surface area contributed by atoms with Crippen molar-refractivity contribution in [3.8, 4) is 16.9 Å². The fraction of sp³-hybridized carbons (Fsp3) is 0.345. The molecule has 0 saturated carbocycles. The van der Waals surface area contributed by atoms with Gasteiger partial charge in [0.15, 0.2) is 0 Å². The molecule has 0 N–H and O–H groups in total. The summed E-state index contributed by atoms with van der Waals surface area (Å²) in [6, 6.07) is 13.8. The van der Waals surface area contributed by atoms with Crippen molar-refractivity contribution in [2.24, 2.45) is 0 Å². The summed E-state index contributed by atoms with van der Waals surface area (Å²) in [7, 11) is 1.38. The maximum atomic E-state index is 14.7. The second kappa shape index (κ2) is 10.4. The van der Waals surface area contributed by atoms with Gasteiger partial charge < -0.3 is 9.47 Å². The van der Waals surface area contributed by atoms with Crippen molar-refractivity contribution in [3.05, 3.63) is 88.2 Å². The molecule has 0 aromatic heterocycles. The molecule has 1 saturated heterocycles. The summed E-state index contributed by atoms with van der Waals surface area (Å²) in [5.74, 6) is -0.413. The molecule has 0 spiro atoms. The fourth-order valence-corrected chi connectivity index (χ4v) is 4.59. The van der Waals surface area contributed by atoms with Gasteiger partial charge in [-0.2, -0.15) is 13.2 Å². The molecule has 1 heterocycles. The Labute approximate surface area is 213 Å². The van der Waals surface area contributed by atoms with E-state index in [4.69, 9.17) is 9.47 Å². The van der Waals surface area contributed by atoms with Gasteiger partial charge in [-0.3, -0.25) is 4.90 Å². The topological polar surface area (TPSA) is 38.8 Å². The maximum Gasteiger partial charge on any atom is 0.416 e. The van der Waals surface area contributed by atoms with Crippen molar-refractivity contribution in [2.75, 3.05) is 13.7 Å². The third kappa shape index (κ3) is 5.73. The number of hydrogen-bond acceptors (Lipinski definition) is 3. The van der Waals surface area contributed by atoms with Gasteiger partial charge in [0.1, 0.15) is 18.2 Å². The largest absolute Gasteiger partial charge is 0.496 e. The van der Waals surface area contributed by atoms with Crippen LogP contribution in [0.4, 0.5) is 22.4 Å². The molecule has 1 atom stereocenters. The first-order chi connectivity index (χ1) is 17.5. The van der Waals surface area contributed by atoms with Crippen LogP contribution in [0.15, 0.2) is 54.6 Å². The minimum Gasteiger partial charge on any atom is -0.496 e. The molecule has 4 nitrogen and oxygen atoms in total. The summed E-state index contributed by atoms with van der Waals surface area (Å²) >= 11 is 0. The molecule has 4 rings (SSSR count). The van der Waals surface area contributed by atoms with Crippen LogP contribution in [0.2, 0.25) is 0 Å². The molecular weight excluding hydrogens is 486 g/mol. The van der Waals surface area contributed by atoms with E-state index < -0.39 is 23.7 Å². The minimum absolute atomic E-state index is 0.105. The zero-order chi connectivity index (χ0) is 26.9. The van der Waals surface area contributed by atoms with Crippen molar-refractivity contribution in [1.82, 2.24) is 4.90 Å². The lowest BCUT2D eigenvalue weighted by atomic mass is 9.92. The van der Waals surface area contributed by atoms with Gasteiger partial charge in [0, 0.05) is 11.6 Å². The Balaban J connectivity index is 1.78. The number of carbonyl (C=O) groups excluding carboxylic acids is 1. The quantitative estimate of drug-likeness (QED) is 0.306. The Morgan fingerprint density at radius 2 is 1.76 bits per heavy atom. The Morgan fingerprint density at radius 1 is 1.05 bits per heavy atom. The van der Waals surface area contributed by atoms with Crippen molar-refractivity contribution >= 4 is 6.09 Å². The maximum absolute atomic E-state index is 14.7. The minimum atomic E-state index is -4.57. The molecule has 37 heavy (non-hydrogen) atoms. The molecule has 1 fully saturated rings. The smallest absolute Gasteiger partial charge is 0.416 e. The van der Waals surface area contributed by atoms with E-state index in [9.17, 15) is 22.4 Å². The Morgan fingerprint density at radius 3 is 2.38 bits per heavy atom. The number of carbonyl (C=O) groups is 1. The van der Waals surface area contributed by atoms with Crippen LogP contribution in [0, 0.1) is 12.7 Å². The SMILES string of the molecule is COc1cc(F)c(C(C)C)cc1-c1ccc(C(F)(F)F)cc1CN1C(=O)OC[C@@H]1Cc1ccc(C)cc1. The Kier molecular flexibility index (Phi) is 7.48. The van der Waals surface area contributed by atoms with E-state index in [0.717, 1.165) is 23.3 Å². The number of hydrogen-bond donors (Lipinski definition) is 0. The van der Waals surface area contributed by atoms with Gasteiger partial charge in [-0.15, -0.1) is 0 Å². The lowest BCUT2D eigenvalue weighted by Crippen LogP contribution is -2.34. The zero-order valence-electron chi connectivity index (χ0n) is 21.2. The highest BCUT2D eigenvalue weighted by Gasteiger charge is 2.36. The van der Waals surface area contributed by atoms with Crippen LogP contribution in [-0.2, 0) is 23.9 Å². The number of nitrogens with zero attached hydrogens (tertiary/aromatic N) is 1. The molecule has 0 bridgehead atoms. The Bertz CT molecular complexity index is 1290. The molecule has 196 valence electrons. The van der Waals surface area contributed by atoms with E-state index in [2.05, 4.69) is 0 Å². The van der Waals surface area contributed by atoms with Gasteiger partial charge in [-0.25, -0.2) is 9.18 Å². The van der Waals surface area contributed by atoms with E-state index in [1.165, 1.54) is 24.1 Å². The number of ether oxygens (including phenoxy) is 2. The average Bonchev–Trinajstić information content (AvgIpc) is 3.18. The summed E-state index contributed by atoms with van der Waals surface area (Å²) in [5, 5.41) is 0. The summed E-state index contributed by atoms with van der Waals surface area (Å²) in [5.41, 5.74) is 2.83. The summed E-state index contributed by atoms with van der Waals surface area (Å²) in [4.78, 5) is 14.1. The molecule has 0 radical (unpaired) electrons.